The largest absolute Gasteiger partial charge is 0.489 e. The van der Waals surface area contributed by atoms with Gasteiger partial charge in [-0.2, -0.15) is 0 Å². The molecule has 0 unspecified atom stereocenters. The highest BCUT2D eigenvalue weighted by Crippen LogP contribution is 2.34. The second-order valence-corrected chi connectivity index (χ2v) is 8.77. The molecule has 1 aromatic heterocycles. The summed E-state index contributed by atoms with van der Waals surface area (Å²) in [4.78, 5) is 13.5. The second kappa shape index (κ2) is 14.8. The lowest BCUT2D eigenvalue weighted by atomic mass is 10.1. The summed E-state index contributed by atoms with van der Waals surface area (Å²) in [5.74, 6) is 0.941. The molecule has 0 aliphatic heterocycles. The third-order valence-electron chi connectivity index (χ3n) is 5.93. The summed E-state index contributed by atoms with van der Waals surface area (Å²) in [5, 5.41) is 0.906. The predicted molar refractivity (Wildman–Crippen MR) is 136 cm³/mol. The fourth-order valence-corrected chi connectivity index (χ4v) is 3.98. The Labute approximate surface area is 194 Å². The summed E-state index contributed by atoms with van der Waals surface area (Å²) in [7, 11) is 0. The van der Waals surface area contributed by atoms with Crippen molar-refractivity contribution in [2.24, 2.45) is 0 Å². The van der Waals surface area contributed by atoms with Gasteiger partial charge in [0.05, 0.1) is 18.7 Å². The number of nitrogen functional groups attached to an aromatic ring is 1. The van der Waals surface area contributed by atoms with Crippen molar-refractivity contribution >= 4 is 16.6 Å². The van der Waals surface area contributed by atoms with Gasteiger partial charge in [-0.05, 0) is 37.5 Å². The van der Waals surface area contributed by atoms with E-state index < -0.39 is 0 Å². The van der Waals surface area contributed by atoms with Gasteiger partial charge in [-0.3, -0.25) is 4.79 Å². The first-order chi connectivity index (χ1) is 15.6. The average Bonchev–Trinajstić information content (AvgIpc) is 2.79. The van der Waals surface area contributed by atoms with E-state index >= 15 is 0 Å². The number of anilines is 1. The molecule has 2 rings (SSSR count). The highest BCUT2D eigenvalue weighted by molar-refractivity contribution is 5.90. The Hall–Kier alpha value is -2.17. The maximum Gasteiger partial charge on any atom is 0.297 e. The van der Waals surface area contributed by atoms with Crippen LogP contribution in [0.2, 0.25) is 0 Å². The maximum atomic E-state index is 13.5. The van der Waals surface area contributed by atoms with E-state index in [9.17, 15) is 4.79 Å². The van der Waals surface area contributed by atoms with Crippen molar-refractivity contribution in [3.8, 4) is 11.5 Å². The van der Waals surface area contributed by atoms with Crippen LogP contribution in [0, 0.1) is 0 Å². The molecule has 0 saturated heterocycles. The van der Waals surface area contributed by atoms with E-state index in [1.807, 2.05) is 22.8 Å². The van der Waals surface area contributed by atoms with Gasteiger partial charge in [-0.25, -0.2) is 0 Å². The molecule has 5 heteroatoms. The van der Waals surface area contributed by atoms with Crippen molar-refractivity contribution in [3.63, 3.8) is 0 Å². The number of hydrogen-bond acceptors (Lipinski definition) is 4. The molecule has 2 aromatic rings. The van der Waals surface area contributed by atoms with E-state index in [4.69, 9.17) is 15.2 Å². The molecule has 0 aliphatic carbocycles. The molecule has 0 bridgehead atoms. The Kier molecular flexibility index (Phi) is 12.1. The van der Waals surface area contributed by atoms with Crippen LogP contribution in [-0.2, 0) is 6.54 Å². The van der Waals surface area contributed by atoms with Crippen LogP contribution in [0.4, 0.5) is 5.69 Å². The van der Waals surface area contributed by atoms with Gasteiger partial charge < -0.3 is 19.8 Å². The molecule has 0 amide bonds. The summed E-state index contributed by atoms with van der Waals surface area (Å²) < 4.78 is 14.1. The fourth-order valence-electron chi connectivity index (χ4n) is 3.98. The summed E-state index contributed by atoms with van der Waals surface area (Å²) in [5.41, 5.74) is 7.48. The molecule has 0 radical (unpaired) electrons. The first-order valence-electron chi connectivity index (χ1n) is 12.9. The number of hydrogen-bond donors (Lipinski definition) is 1. The number of rotatable bonds is 17. The van der Waals surface area contributed by atoms with Gasteiger partial charge in [0.15, 0.2) is 5.75 Å². The van der Waals surface area contributed by atoms with E-state index in [0.717, 1.165) is 49.4 Å². The first-order valence-corrected chi connectivity index (χ1v) is 12.9. The quantitative estimate of drug-likeness (QED) is 0.209. The third-order valence-corrected chi connectivity index (χ3v) is 5.93. The van der Waals surface area contributed by atoms with Crippen LogP contribution >= 0.6 is 0 Å². The Bertz CT molecular complexity index is 860. The molecule has 1 aromatic carbocycles. The molecule has 32 heavy (non-hydrogen) atoms. The molecule has 0 spiro atoms. The number of ether oxygens (including phenoxy) is 2. The lowest BCUT2D eigenvalue weighted by Gasteiger charge is -2.19. The molecular weight excluding hydrogens is 400 g/mol. The Morgan fingerprint density at radius 2 is 1.34 bits per heavy atom. The molecule has 5 nitrogen and oxygen atoms in total. The van der Waals surface area contributed by atoms with E-state index in [-0.39, 0.29) is 5.56 Å². The highest BCUT2D eigenvalue weighted by Gasteiger charge is 2.20. The molecule has 0 aliphatic rings. The van der Waals surface area contributed by atoms with Crippen molar-refractivity contribution in [3.05, 3.63) is 28.6 Å². The molecule has 180 valence electrons. The zero-order valence-corrected chi connectivity index (χ0v) is 20.6. The maximum absolute atomic E-state index is 13.5. The minimum absolute atomic E-state index is 0.0999. The van der Waals surface area contributed by atoms with E-state index in [1.165, 1.54) is 38.5 Å². The van der Waals surface area contributed by atoms with Crippen LogP contribution in [-0.4, -0.2) is 17.8 Å². The van der Waals surface area contributed by atoms with Crippen LogP contribution in [0.15, 0.2) is 23.0 Å². The SMILES string of the molecule is CCCCCCCCOc1c(OCCCC)c2ccc(N)cc2n(CCCCCC)c1=O. The second-order valence-electron chi connectivity index (χ2n) is 8.77. The van der Waals surface area contributed by atoms with Gasteiger partial charge >= 0.3 is 0 Å². The van der Waals surface area contributed by atoms with Gasteiger partial charge in [0.2, 0.25) is 5.75 Å². The topological polar surface area (TPSA) is 66.5 Å². The molecule has 2 N–H and O–H groups in total. The smallest absolute Gasteiger partial charge is 0.297 e. The number of fused-ring (bicyclic) bond motifs is 1. The van der Waals surface area contributed by atoms with Gasteiger partial charge in [-0.15, -0.1) is 0 Å². The standard InChI is InChI=1S/C27H44N2O3/c1-4-7-10-12-13-15-20-32-26-25(31-19-9-6-3)23-17-16-22(28)21-24(23)29(27(26)30)18-14-11-8-5-2/h16-17,21H,4-15,18-20,28H2,1-3H3. The molecular formula is C27H44N2O3. The molecule has 0 fully saturated rings. The number of pyridine rings is 1. The van der Waals surface area contributed by atoms with Crippen molar-refractivity contribution in [1.82, 2.24) is 4.57 Å². The summed E-state index contributed by atoms with van der Waals surface area (Å²) in [6.07, 6.45) is 13.5. The summed E-state index contributed by atoms with van der Waals surface area (Å²) >= 11 is 0. The van der Waals surface area contributed by atoms with E-state index in [1.54, 1.807) is 0 Å². The van der Waals surface area contributed by atoms with Crippen LogP contribution in [0.25, 0.3) is 10.9 Å². The number of aromatic nitrogens is 1. The minimum Gasteiger partial charge on any atom is -0.489 e. The zero-order chi connectivity index (χ0) is 23.2. The average molecular weight is 445 g/mol. The van der Waals surface area contributed by atoms with Crippen LogP contribution in [0.5, 0.6) is 11.5 Å². The Balaban J connectivity index is 2.32. The number of nitrogens with zero attached hydrogens (tertiary/aromatic N) is 1. The van der Waals surface area contributed by atoms with Gasteiger partial charge in [0, 0.05) is 17.6 Å². The summed E-state index contributed by atoms with van der Waals surface area (Å²) in [6.45, 7) is 8.33. The van der Waals surface area contributed by atoms with Crippen LogP contribution in [0.3, 0.4) is 0 Å². The van der Waals surface area contributed by atoms with E-state index in [0.29, 0.717) is 36.9 Å². The van der Waals surface area contributed by atoms with Gasteiger partial charge in [-0.1, -0.05) is 78.6 Å². The number of unbranched alkanes of at least 4 members (excludes halogenated alkanes) is 9. The first kappa shape index (κ1) is 26.1. The van der Waals surface area contributed by atoms with E-state index in [2.05, 4.69) is 20.8 Å². The van der Waals surface area contributed by atoms with Crippen molar-refractivity contribution < 1.29 is 9.47 Å². The van der Waals surface area contributed by atoms with Crippen molar-refractivity contribution in [1.29, 1.82) is 0 Å². The van der Waals surface area contributed by atoms with Crippen LogP contribution < -0.4 is 20.8 Å². The summed E-state index contributed by atoms with van der Waals surface area (Å²) in [6, 6.07) is 5.73. The van der Waals surface area contributed by atoms with Crippen molar-refractivity contribution in [2.75, 3.05) is 18.9 Å². The molecule has 1 heterocycles. The van der Waals surface area contributed by atoms with Crippen molar-refractivity contribution in [2.45, 2.75) is 104 Å². The van der Waals surface area contributed by atoms with Crippen LogP contribution in [0.1, 0.15) is 97.8 Å². The lowest BCUT2D eigenvalue weighted by molar-refractivity contribution is 0.257. The van der Waals surface area contributed by atoms with Gasteiger partial charge in [0.1, 0.15) is 0 Å². The van der Waals surface area contributed by atoms with Gasteiger partial charge in [0.25, 0.3) is 5.56 Å². The third kappa shape index (κ3) is 7.75. The number of aryl methyl sites for hydroxylation is 1. The molecule has 0 saturated carbocycles. The fraction of sp³-hybridized carbons (Fsp3) is 0.667. The Morgan fingerprint density at radius 3 is 2.06 bits per heavy atom. The number of benzene rings is 1. The minimum atomic E-state index is -0.0999. The number of nitrogens with two attached hydrogens (primary N) is 1. The predicted octanol–water partition coefficient (Wildman–Crippen LogP) is 7.08. The Morgan fingerprint density at radius 1 is 0.750 bits per heavy atom. The monoisotopic (exact) mass is 444 g/mol. The molecule has 0 atom stereocenters. The zero-order valence-electron chi connectivity index (χ0n) is 20.6. The normalized spacial score (nSPS) is 11.2. The highest BCUT2D eigenvalue weighted by atomic mass is 16.5. The lowest BCUT2D eigenvalue weighted by Crippen LogP contribution is -2.24.